The predicted molar refractivity (Wildman–Crippen MR) is 107 cm³/mol. The normalized spacial score (nSPS) is 15.0. The van der Waals surface area contributed by atoms with E-state index in [2.05, 4.69) is 47.9 Å². The van der Waals surface area contributed by atoms with Gasteiger partial charge < -0.3 is 0 Å². The molecule has 0 unspecified atom stereocenters. The van der Waals surface area contributed by atoms with Crippen LogP contribution in [0.4, 0.5) is 0 Å². The minimum Gasteiger partial charge on any atom is -0.287 e. The van der Waals surface area contributed by atoms with E-state index in [9.17, 15) is 0 Å². The van der Waals surface area contributed by atoms with Gasteiger partial charge in [-0.2, -0.15) is 0 Å². The number of rotatable bonds is 4. The molecule has 3 aromatic rings. The van der Waals surface area contributed by atoms with Gasteiger partial charge in [-0.25, -0.2) is 4.98 Å². The van der Waals surface area contributed by atoms with Gasteiger partial charge in [-0.15, -0.1) is 0 Å². The molecule has 0 saturated heterocycles. The number of aryl methyl sites for hydroxylation is 1. The average molecular weight is 369 g/mol. The summed E-state index contributed by atoms with van der Waals surface area (Å²) in [6.45, 7) is 2.11. The molecule has 25 heavy (non-hydrogen) atoms. The number of nitrogens with zero attached hydrogens (tertiary/aromatic N) is 2. The van der Waals surface area contributed by atoms with Gasteiger partial charge in [0.15, 0.2) is 5.16 Å². The van der Waals surface area contributed by atoms with E-state index < -0.39 is 0 Å². The number of halogens is 1. The van der Waals surface area contributed by atoms with Crippen LogP contribution in [-0.2, 0) is 0 Å². The number of hydrogen-bond donors (Lipinski definition) is 0. The molecule has 0 atom stereocenters. The van der Waals surface area contributed by atoms with Crippen molar-refractivity contribution in [2.24, 2.45) is 0 Å². The molecule has 1 fully saturated rings. The molecule has 0 radical (unpaired) electrons. The van der Waals surface area contributed by atoms with E-state index in [1.54, 1.807) is 0 Å². The van der Waals surface area contributed by atoms with Gasteiger partial charge >= 0.3 is 0 Å². The van der Waals surface area contributed by atoms with Crippen molar-refractivity contribution in [2.45, 2.75) is 43.0 Å². The van der Waals surface area contributed by atoms with Crippen LogP contribution in [0.3, 0.4) is 0 Å². The Morgan fingerprint density at radius 1 is 1.00 bits per heavy atom. The van der Waals surface area contributed by atoms with Crippen LogP contribution < -0.4 is 0 Å². The van der Waals surface area contributed by atoms with E-state index in [1.165, 1.54) is 36.8 Å². The third-order valence-electron chi connectivity index (χ3n) is 4.74. The summed E-state index contributed by atoms with van der Waals surface area (Å²) in [5.41, 5.74) is 4.69. The number of thioether (sulfide) groups is 1. The fourth-order valence-electron chi connectivity index (χ4n) is 3.34. The van der Waals surface area contributed by atoms with Crippen molar-refractivity contribution in [1.29, 1.82) is 0 Å². The molecule has 1 heterocycles. The van der Waals surface area contributed by atoms with Crippen molar-refractivity contribution in [2.75, 3.05) is 0 Å². The van der Waals surface area contributed by atoms with Gasteiger partial charge in [0, 0.05) is 21.5 Å². The van der Waals surface area contributed by atoms with Gasteiger partial charge in [0.2, 0.25) is 0 Å². The Kier molecular flexibility index (Phi) is 4.87. The first-order valence-electron chi connectivity index (χ1n) is 8.78. The second kappa shape index (κ2) is 7.27. The van der Waals surface area contributed by atoms with Crippen LogP contribution in [0.15, 0.2) is 59.9 Å². The van der Waals surface area contributed by atoms with Gasteiger partial charge in [-0.3, -0.25) is 4.57 Å². The Bertz CT molecular complexity index is 847. The van der Waals surface area contributed by atoms with E-state index >= 15 is 0 Å². The Morgan fingerprint density at radius 2 is 1.68 bits per heavy atom. The summed E-state index contributed by atoms with van der Waals surface area (Å²) in [7, 11) is 0. The third-order valence-corrected chi connectivity index (χ3v) is 6.29. The van der Waals surface area contributed by atoms with Crippen molar-refractivity contribution in [3.05, 3.63) is 65.3 Å². The summed E-state index contributed by atoms with van der Waals surface area (Å²) in [5.74, 6) is 0. The van der Waals surface area contributed by atoms with Crippen molar-refractivity contribution >= 4 is 23.4 Å². The highest BCUT2D eigenvalue weighted by Gasteiger charge is 2.21. The Hall–Kier alpha value is -1.71. The molecule has 128 valence electrons. The van der Waals surface area contributed by atoms with Crippen LogP contribution in [0.1, 0.15) is 31.2 Å². The number of aromatic nitrogens is 2. The second-order valence-electron chi connectivity index (χ2n) is 6.63. The zero-order valence-electron chi connectivity index (χ0n) is 14.3. The SMILES string of the molecule is Cc1ccc(-c2cnc(SC3CCCC3)n2-c2ccc(Cl)cc2)cc1. The summed E-state index contributed by atoms with van der Waals surface area (Å²) in [6.07, 6.45) is 7.25. The number of hydrogen-bond acceptors (Lipinski definition) is 2. The van der Waals surface area contributed by atoms with E-state index in [1.807, 2.05) is 30.1 Å². The zero-order valence-corrected chi connectivity index (χ0v) is 15.9. The molecule has 1 saturated carbocycles. The molecule has 1 aliphatic carbocycles. The lowest BCUT2D eigenvalue weighted by Gasteiger charge is -2.14. The molecule has 0 amide bonds. The molecular weight excluding hydrogens is 348 g/mol. The molecule has 2 aromatic carbocycles. The quantitative estimate of drug-likeness (QED) is 0.520. The Balaban J connectivity index is 1.79. The highest BCUT2D eigenvalue weighted by Crippen LogP contribution is 2.37. The second-order valence-corrected chi connectivity index (χ2v) is 8.33. The minimum atomic E-state index is 0.680. The topological polar surface area (TPSA) is 17.8 Å². The maximum absolute atomic E-state index is 6.09. The van der Waals surface area contributed by atoms with Crippen LogP contribution in [-0.4, -0.2) is 14.8 Å². The number of imidazole rings is 1. The molecule has 0 N–H and O–H groups in total. The fraction of sp³-hybridized carbons (Fsp3) is 0.286. The first kappa shape index (κ1) is 16.7. The lowest BCUT2D eigenvalue weighted by molar-refractivity contribution is 0.861. The van der Waals surface area contributed by atoms with Gasteiger partial charge in [0.05, 0.1) is 11.9 Å². The lowest BCUT2D eigenvalue weighted by atomic mass is 10.1. The molecule has 0 spiro atoms. The van der Waals surface area contributed by atoms with Crippen molar-refractivity contribution in [1.82, 2.24) is 9.55 Å². The first-order chi connectivity index (χ1) is 12.2. The smallest absolute Gasteiger partial charge is 0.173 e. The summed E-state index contributed by atoms with van der Waals surface area (Å²) in [6, 6.07) is 16.7. The lowest BCUT2D eigenvalue weighted by Crippen LogP contribution is -2.02. The molecule has 1 aliphatic rings. The number of benzene rings is 2. The molecule has 0 aliphatic heterocycles. The Morgan fingerprint density at radius 3 is 2.36 bits per heavy atom. The van der Waals surface area contributed by atoms with Crippen molar-refractivity contribution in [3.63, 3.8) is 0 Å². The molecule has 4 rings (SSSR count). The maximum atomic E-state index is 6.09. The highest BCUT2D eigenvalue weighted by molar-refractivity contribution is 7.99. The van der Waals surface area contributed by atoms with Gasteiger partial charge in [0.1, 0.15) is 0 Å². The third kappa shape index (κ3) is 3.63. The van der Waals surface area contributed by atoms with Crippen LogP contribution in [0, 0.1) is 6.92 Å². The minimum absolute atomic E-state index is 0.680. The summed E-state index contributed by atoms with van der Waals surface area (Å²) in [5, 5.41) is 2.51. The van der Waals surface area contributed by atoms with E-state index in [-0.39, 0.29) is 0 Å². The molecule has 2 nitrogen and oxygen atoms in total. The van der Waals surface area contributed by atoms with Crippen molar-refractivity contribution in [3.8, 4) is 16.9 Å². The maximum Gasteiger partial charge on any atom is 0.173 e. The fourth-order valence-corrected chi connectivity index (χ4v) is 4.76. The van der Waals surface area contributed by atoms with Crippen LogP contribution in [0.2, 0.25) is 5.02 Å². The van der Waals surface area contributed by atoms with Crippen LogP contribution in [0.25, 0.3) is 16.9 Å². The largest absolute Gasteiger partial charge is 0.287 e. The summed E-state index contributed by atoms with van der Waals surface area (Å²) < 4.78 is 2.27. The van der Waals surface area contributed by atoms with Gasteiger partial charge in [-0.1, -0.05) is 66.0 Å². The Labute approximate surface area is 158 Å². The van der Waals surface area contributed by atoms with Crippen LogP contribution >= 0.6 is 23.4 Å². The first-order valence-corrected chi connectivity index (χ1v) is 10.0. The summed E-state index contributed by atoms with van der Waals surface area (Å²) >= 11 is 8.01. The average Bonchev–Trinajstić information content (AvgIpc) is 3.27. The van der Waals surface area contributed by atoms with Gasteiger partial charge in [-0.05, 0) is 44.0 Å². The molecule has 1 aromatic heterocycles. The molecule has 0 bridgehead atoms. The molecular formula is C21H21ClN2S. The zero-order chi connectivity index (χ0) is 17.2. The van der Waals surface area contributed by atoms with E-state index in [0.29, 0.717) is 5.25 Å². The standard InChI is InChI=1S/C21H21ClN2S/c1-15-6-8-16(9-7-15)20-14-23-21(25-19-4-2-3-5-19)24(20)18-12-10-17(22)11-13-18/h6-14,19H,2-5H2,1H3. The van der Waals surface area contributed by atoms with Crippen LogP contribution in [0.5, 0.6) is 0 Å². The molecule has 4 heteroatoms. The summed E-state index contributed by atoms with van der Waals surface area (Å²) in [4.78, 5) is 4.77. The van der Waals surface area contributed by atoms with Gasteiger partial charge in [0.25, 0.3) is 0 Å². The highest BCUT2D eigenvalue weighted by atomic mass is 35.5. The monoisotopic (exact) mass is 368 g/mol. The van der Waals surface area contributed by atoms with Crippen molar-refractivity contribution < 1.29 is 0 Å². The van der Waals surface area contributed by atoms with E-state index in [4.69, 9.17) is 16.6 Å². The predicted octanol–water partition coefficient (Wildman–Crippen LogP) is 6.54. The van der Waals surface area contributed by atoms with E-state index in [0.717, 1.165) is 21.6 Å².